The second-order valence-corrected chi connectivity index (χ2v) is 16.6. The van der Waals surface area contributed by atoms with Gasteiger partial charge in [0, 0.05) is 12.1 Å². The van der Waals surface area contributed by atoms with Crippen molar-refractivity contribution in [3.63, 3.8) is 0 Å². The van der Waals surface area contributed by atoms with Crippen molar-refractivity contribution in [1.82, 2.24) is 26.2 Å². The number of carbonyl (C=O) groups excluding carboxylic acids is 5. The topological polar surface area (TPSA) is 166 Å². The number of benzene rings is 1. The summed E-state index contributed by atoms with van der Waals surface area (Å²) >= 11 is 0. The molecular formula is C40H61N5O7. The number of ether oxygens (including phenoxy) is 1. The standard InChI is InChI=1S/C40H61N5O7/c1-5-14-29(33(46)37(49)41-28-21-22-28)42-35(47)31-23-27-19-12-13-20-30(27)45(31)38(50)34(40(2,3)4)44-36(48)32(26-17-10-7-11-18-26)43-39(51)52-24-25-15-8-6-9-16-25/h6,8-9,15-16,26-34,46H,5,7,10-14,17-24H2,1-4H3,(H,41,49)(H,42,47)(H,43,51)(H,44,48). The lowest BCUT2D eigenvalue weighted by Gasteiger charge is -2.40. The fraction of sp³-hybridized carbons (Fsp3) is 0.725. The van der Waals surface area contributed by atoms with E-state index in [1.54, 1.807) is 4.90 Å². The van der Waals surface area contributed by atoms with Gasteiger partial charge in [0.25, 0.3) is 5.91 Å². The van der Waals surface area contributed by atoms with Crippen LogP contribution in [0.5, 0.6) is 0 Å². The molecular weight excluding hydrogens is 662 g/mol. The third-order valence-electron chi connectivity index (χ3n) is 11.4. The molecule has 5 rings (SSSR count). The number of amides is 5. The van der Waals surface area contributed by atoms with Crippen LogP contribution >= 0.6 is 0 Å². The van der Waals surface area contributed by atoms with Crippen molar-refractivity contribution in [3.8, 4) is 0 Å². The van der Waals surface area contributed by atoms with E-state index in [2.05, 4.69) is 21.3 Å². The van der Waals surface area contributed by atoms with Crippen molar-refractivity contribution in [2.24, 2.45) is 17.3 Å². The zero-order valence-corrected chi connectivity index (χ0v) is 31.5. The number of hydrogen-bond acceptors (Lipinski definition) is 7. The minimum atomic E-state index is -1.40. The molecule has 4 fully saturated rings. The minimum absolute atomic E-state index is 0.0665. The second-order valence-electron chi connectivity index (χ2n) is 16.6. The Balaban J connectivity index is 1.34. The molecule has 52 heavy (non-hydrogen) atoms. The molecule has 1 aliphatic heterocycles. The largest absolute Gasteiger partial charge is 0.445 e. The van der Waals surface area contributed by atoms with Gasteiger partial charge in [0.2, 0.25) is 17.7 Å². The van der Waals surface area contributed by atoms with Crippen LogP contribution in [0.25, 0.3) is 0 Å². The summed E-state index contributed by atoms with van der Waals surface area (Å²) in [5.41, 5.74) is 0.102. The number of aliphatic hydroxyl groups excluding tert-OH is 1. The molecule has 288 valence electrons. The Morgan fingerprint density at radius 2 is 1.54 bits per heavy atom. The fourth-order valence-corrected chi connectivity index (χ4v) is 8.39. The van der Waals surface area contributed by atoms with Gasteiger partial charge in [0.15, 0.2) is 6.10 Å². The van der Waals surface area contributed by atoms with E-state index >= 15 is 0 Å². The van der Waals surface area contributed by atoms with E-state index < -0.39 is 53.6 Å². The predicted octanol–water partition coefficient (Wildman–Crippen LogP) is 4.48. The highest BCUT2D eigenvalue weighted by molar-refractivity contribution is 5.95. The normalized spacial score (nSPS) is 24.4. The maximum Gasteiger partial charge on any atom is 0.408 e. The van der Waals surface area contributed by atoms with Gasteiger partial charge >= 0.3 is 6.09 Å². The Labute approximate surface area is 308 Å². The van der Waals surface area contributed by atoms with E-state index in [9.17, 15) is 29.1 Å². The highest BCUT2D eigenvalue weighted by atomic mass is 16.5. The Hall–Kier alpha value is -3.67. The summed E-state index contributed by atoms with van der Waals surface area (Å²) in [5.74, 6) is -1.63. The number of nitrogens with zero attached hydrogens (tertiary/aromatic N) is 1. The lowest BCUT2D eigenvalue weighted by Crippen LogP contribution is -2.63. The molecule has 7 unspecified atom stereocenters. The highest BCUT2D eigenvalue weighted by Gasteiger charge is 2.51. The Kier molecular flexibility index (Phi) is 13.6. The SMILES string of the molecule is CCCC(NC(=O)C1CC2CCCCC2N1C(=O)C(NC(=O)C(NC(=O)OCc1ccccc1)C1CCCCC1)C(C)(C)C)C(O)C(=O)NC1CC1. The number of fused-ring (bicyclic) bond motifs is 1. The summed E-state index contributed by atoms with van der Waals surface area (Å²) < 4.78 is 5.51. The van der Waals surface area contributed by atoms with Crippen LogP contribution in [0.4, 0.5) is 4.79 Å². The lowest BCUT2D eigenvalue weighted by molar-refractivity contribution is -0.147. The molecule has 4 aliphatic rings. The number of nitrogens with one attached hydrogen (secondary N) is 4. The van der Waals surface area contributed by atoms with Crippen molar-refractivity contribution in [2.75, 3.05) is 0 Å². The summed E-state index contributed by atoms with van der Waals surface area (Å²) in [7, 11) is 0. The average Bonchev–Trinajstić information content (AvgIpc) is 3.86. The van der Waals surface area contributed by atoms with Gasteiger partial charge in [-0.15, -0.1) is 0 Å². The van der Waals surface area contributed by atoms with Crippen LogP contribution in [-0.4, -0.2) is 82.1 Å². The Morgan fingerprint density at radius 3 is 2.19 bits per heavy atom. The first-order valence-corrected chi connectivity index (χ1v) is 19.8. The molecule has 12 nitrogen and oxygen atoms in total. The Morgan fingerprint density at radius 1 is 0.865 bits per heavy atom. The van der Waals surface area contributed by atoms with Gasteiger partial charge in [0.05, 0.1) is 6.04 Å². The third kappa shape index (κ3) is 10.3. The van der Waals surface area contributed by atoms with Crippen molar-refractivity contribution in [2.45, 2.75) is 167 Å². The zero-order valence-electron chi connectivity index (χ0n) is 31.5. The van der Waals surface area contributed by atoms with Crippen molar-refractivity contribution in [3.05, 3.63) is 35.9 Å². The number of carbonyl (C=O) groups is 5. The summed E-state index contributed by atoms with van der Waals surface area (Å²) in [6, 6.07) is 5.78. The van der Waals surface area contributed by atoms with Gasteiger partial charge < -0.3 is 36.0 Å². The number of alkyl carbamates (subject to hydrolysis) is 1. The quantitative estimate of drug-likeness (QED) is 0.189. The lowest BCUT2D eigenvalue weighted by atomic mass is 9.81. The van der Waals surface area contributed by atoms with Gasteiger partial charge in [-0.2, -0.15) is 0 Å². The molecule has 0 radical (unpaired) electrons. The molecule has 1 heterocycles. The molecule has 12 heteroatoms. The second kappa shape index (κ2) is 17.9. The molecule has 1 aromatic carbocycles. The number of rotatable bonds is 14. The van der Waals surface area contributed by atoms with E-state index in [0.717, 1.165) is 76.2 Å². The zero-order chi connectivity index (χ0) is 37.4. The molecule has 0 spiro atoms. The third-order valence-corrected chi connectivity index (χ3v) is 11.4. The first kappa shape index (κ1) is 39.5. The number of likely N-dealkylation sites (tertiary alicyclic amines) is 1. The number of hydrogen-bond donors (Lipinski definition) is 5. The van der Waals surface area contributed by atoms with Crippen LogP contribution in [0.1, 0.15) is 123 Å². The van der Waals surface area contributed by atoms with Crippen LogP contribution in [0.15, 0.2) is 30.3 Å². The molecule has 7 atom stereocenters. The molecule has 3 saturated carbocycles. The van der Waals surface area contributed by atoms with E-state index in [-0.39, 0.29) is 42.3 Å². The predicted molar refractivity (Wildman–Crippen MR) is 197 cm³/mol. The maximum atomic E-state index is 14.9. The van der Waals surface area contributed by atoms with Gasteiger partial charge in [-0.3, -0.25) is 19.2 Å². The van der Waals surface area contributed by atoms with E-state index in [0.29, 0.717) is 19.3 Å². The maximum absolute atomic E-state index is 14.9. The molecule has 3 aliphatic carbocycles. The van der Waals surface area contributed by atoms with E-state index in [1.165, 1.54) is 0 Å². The monoisotopic (exact) mass is 723 g/mol. The van der Waals surface area contributed by atoms with E-state index in [1.807, 2.05) is 58.0 Å². The molecule has 5 amide bonds. The van der Waals surface area contributed by atoms with Gasteiger partial charge in [-0.25, -0.2) is 4.79 Å². The van der Waals surface area contributed by atoms with Crippen molar-refractivity contribution < 1.29 is 33.8 Å². The summed E-state index contributed by atoms with van der Waals surface area (Å²) in [6.45, 7) is 7.67. The first-order chi connectivity index (χ1) is 24.9. The van der Waals surface area contributed by atoms with Gasteiger partial charge in [0.1, 0.15) is 24.7 Å². The molecule has 0 aromatic heterocycles. The summed E-state index contributed by atoms with van der Waals surface area (Å²) in [5, 5.41) is 22.7. The average molecular weight is 724 g/mol. The Bertz CT molecular complexity index is 1390. The molecule has 5 N–H and O–H groups in total. The summed E-state index contributed by atoms with van der Waals surface area (Å²) in [4.78, 5) is 70.8. The molecule has 1 aromatic rings. The summed E-state index contributed by atoms with van der Waals surface area (Å²) in [6.07, 6.45) is 9.31. The minimum Gasteiger partial charge on any atom is -0.445 e. The van der Waals surface area contributed by atoms with Crippen LogP contribution in [0.3, 0.4) is 0 Å². The smallest absolute Gasteiger partial charge is 0.408 e. The van der Waals surface area contributed by atoms with Gasteiger partial charge in [-0.1, -0.05) is 96.6 Å². The highest BCUT2D eigenvalue weighted by Crippen LogP contribution is 2.41. The van der Waals surface area contributed by atoms with Crippen LogP contribution in [0.2, 0.25) is 0 Å². The molecule has 0 bridgehead atoms. The number of aliphatic hydroxyl groups is 1. The molecule has 1 saturated heterocycles. The van der Waals surface area contributed by atoms with E-state index in [4.69, 9.17) is 4.74 Å². The van der Waals surface area contributed by atoms with Crippen molar-refractivity contribution in [1.29, 1.82) is 0 Å². The first-order valence-electron chi connectivity index (χ1n) is 19.8. The van der Waals surface area contributed by atoms with Crippen LogP contribution in [-0.2, 0) is 30.5 Å². The van der Waals surface area contributed by atoms with Crippen LogP contribution in [0, 0.1) is 17.3 Å². The van der Waals surface area contributed by atoms with Crippen LogP contribution < -0.4 is 21.3 Å². The van der Waals surface area contributed by atoms with Gasteiger partial charge in [-0.05, 0) is 74.2 Å². The fourth-order valence-electron chi connectivity index (χ4n) is 8.39. The van der Waals surface area contributed by atoms with Crippen molar-refractivity contribution >= 4 is 29.7 Å².